The maximum absolute atomic E-state index is 10.5. The smallest absolute Gasteiger partial charge is 0.150 e. The predicted molar refractivity (Wildman–Crippen MR) is 78.0 cm³/mol. The van der Waals surface area contributed by atoms with Gasteiger partial charge in [0.25, 0.3) is 0 Å². The number of ether oxygens (including phenoxy) is 2. The third-order valence-corrected chi connectivity index (χ3v) is 2.83. The van der Waals surface area contributed by atoms with E-state index in [4.69, 9.17) is 9.47 Å². The lowest BCUT2D eigenvalue weighted by molar-refractivity contribution is 0.107. The zero-order valence-corrected chi connectivity index (χ0v) is 11.3. The molecule has 0 aliphatic rings. The molecular weight excluding hydrogens is 252 g/mol. The average Bonchev–Trinajstić information content (AvgIpc) is 2.52. The second-order valence-corrected chi connectivity index (χ2v) is 4.43. The van der Waals surface area contributed by atoms with E-state index in [0.717, 1.165) is 18.5 Å². The van der Waals surface area contributed by atoms with Crippen LogP contribution < -0.4 is 4.74 Å². The van der Waals surface area contributed by atoms with Crippen LogP contribution in [0.2, 0.25) is 0 Å². The summed E-state index contributed by atoms with van der Waals surface area (Å²) in [6.07, 6.45) is 1.66. The molecule has 0 unspecified atom stereocenters. The van der Waals surface area contributed by atoms with Crippen molar-refractivity contribution >= 4 is 6.29 Å². The van der Waals surface area contributed by atoms with E-state index in [2.05, 4.69) is 0 Å². The van der Waals surface area contributed by atoms with Crippen LogP contribution >= 0.6 is 0 Å². The Hall–Kier alpha value is -2.13. The van der Waals surface area contributed by atoms with Gasteiger partial charge in [0.15, 0.2) is 0 Å². The molecule has 0 aliphatic carbocycles. The van der Waals surface area contributed by atoms with E-state index < -0.39 is 0 Å². The van der Waals surface area contributed by atoms with Gasteiger partial charge < -0.3 is 9.47 Å². The Balaban J connectivity index is 1.58. The van der Waals surface area contributed by atoms with Crippen LogP contribution in [-0.4, -0.2) is 19.5 Å². The summed E-state index contributed by atoms with van der Waals surface area (Å²) in [7, 11) is 0. The molecule has 0 aromatic heterocycles. The number of hydrogen-bond donors (Lipinski definition) is 0. The van der Waals surface area contributed by atoms with Gasteiger partial charge in [-0.2, -0.15) is 0 Å². The topological polar surface area (TPSA) is 35.5 Å². The average molecular weight is 270 g/mol. The van der Waals surface area contributed by atoms with Crippen LogP contribution in [0.25, 0.3) is 0 Å². The van der Waals surface area contributed by atoms with Gasteiger partial charge in [-0.25, -0.2) is 0 Å². The van der Waals surface area contributed by atoms with E-state index in [1.807, 2.05) is 30.3 Å². The second-order valence-electron chi connectivity index (χ2n) is 4.43. The molecule has 0 radical (unpaired) electrons. The lowest BCUT2D eigenvalue weighted by atomic mass is 10.2. The van der Waals surface area contributed by atoms with Gasteiger partial charge in [-0.1, -0.05) is 30.3 Å². The molecule has 20 heavy (non-hydrogen) atoms. The van der Waals surface area contributed by atoms with E-state index in [1.54, 1.807) is 24.3 Å². The van der Waals surface area contributed by atoms with Gasteiger partial charge in [0.1, 0.15) is 12.0 Å². The van der Waals surface area contributed by atoms with Crippen molar-refractivity contribution in [2.75, 3.05) is 13.2 Å². The Morgan fingerprint density at radius 1 is 0.900 bits per heavy atom. The first-order valence-corrected chi connectivity index (χ1v) is 6.68. The quantitative estimate of drug-likeness (QED) is 0.544. The maximum Gasteiger partial charge on any atom is 0.150 e. The normalized spacial score (nSPS) is 10.2. The summed E-state index contributed by atoms with van der Waals surface area (Å²) in [4.78, 5) is 10.5. The molecule has 0 heterocycles. The van der Waals surface area contributed by atoms with Gasteiger partial charge in [-0.3, -0.25) is 4.79 Å². The van der Waals surface area contributed by atoms with Crippen molar-refractivity contribution in [1.29, 1.82) is 0 Å². The molecule has 3 heteroatoms. The first-order chi connectivity index (χ1) is 9.88. The van der Waals surface area contributed by atoms with Crippen LogP contribution in [0.4, 0.5) is 0 Å². The van der Waals surface area contributed by atoms with Gasteiger partial charge in [-0.05, 0) is 29.8 Å². The molecule has 0 N–H and O–H groups in total. The Kier molecular flexibility index (Phi) is 5.80. The van der Waals surface area contributed by atoms with Crippen molar-refractivity contribution in [3.63, 3.8) is 0 Å². The largest absolute Gasteiger partial charge is 0.494 e. The number of rotatable bonds is 8. The third-order valence-electron chi connectivity index (χ3n) is 2.83. The van der Waals surface area contributed by atoms with Crippen LogP contribution in [-0.2, 0) is 11.3 Å². The van der Waals surface area contributed by atoms with Crippen molar-refractivity contribution in [2.24, 2.45) is 0 Å². The fourth-order valence-electron chi connectivity index (χ4n) is 1.76. The van der Waals surface area contributed by atoms with Crippen LogP contribution in [0.15, 0.2) is 54.6 Å². The molecule has 0 atom stereocenters. The highest BCUT2D eigenvalue weighted by molar-refractivity contribution is 5.74. The molecular formula is C17H18O3. The number of hydrogen-bond acceptors (Lipinski definition) is 3. The maximum atomic E-state index is 10.5. The van der Waals surface area contributed by atoms with E-state index in [0.29, 0.717) is 25.4 Å². The summed E-state index contributed by atoms with van der Waals surface area (Å²) >= 11 is 0. The highest BCUT2D eigenvalue weighted by Crippen LogP contribution is 2.11. The minimum atomic E-state index is 0.606. The van der Waals surface area contributed by atoms with Gasteiger partial charge in [0, 0.05) is 12.0 Å². The van der Waals surface area contributed by atoms with Crippen LogP contribution in [0.3, 0.4) is 0 Å². The van der Waals surface area contributed by atoms with Gasteiger partial charge in [-0.15, -0.1) is 0 Å². The van der Waals surface area contributed by atoms with Crippen molar-refractivity contribution in [2.45, 2.75) is 13.0 Å². The Bertz CT molecular complexity index is 506. The molecule has 104 valence electrons. The molecule has 0 bridgehead atoms. The molecule has 0 amide bonds. The molecule has 2 aromatic rings. The standard InChI is InChI=1S/C17H18O3/c18-13-15-7-9-17(10-8-15)20-12-4-11-19-14-16-5-2-1-3-6-16/h1-3,5-10,13H,4,11-12,14H2. The molecule has 0 saturated heterocycles. The van der Waals surface area contributed by atoms with Crippen molar-refractivity contribution in [1.82, 2.24) is 0 Å². The molecule has 2 rings (SSSR count). The monoisotopic (exact) mass is 270 g/mol. The lowest BCUT2D eigenvalue weighted by Crippen LogP contribution is -2.03. The van der Waals surface area contributed by atoms with E-state index in [1.165, 1.54) is 5.56 Å². The molecule has 0 spiro atoms. The van der Waals surface area contributed by atoms with Gasteiger partial charge in [0.05, 0.1) is 19.8 Å². The predicted octanol–water partition coefficient (Wildman–Crippen LogP) is 3.48. The second kappa shape index (κ2) is 8.12. The summed E-state index contributed by atoms with van der Waals surface area (Å²) < 4.78 is 11.1. The molecule has 0 saturated carbocycles. The highest BCUT2D eigenvalue weighted by atomic mass is 16.5. The van der Waals surface area contributed by atoms with E-state index in [9.17, 15) is 4.79 Å². The lowest BCUT2D eigenvalue weighted by Gasteiger charge is -2.07. The Morgan fingerprint density at radius 3 is 2.35 bits per heavy atom. The fourth-order valence-corrected chi connectivity index (χ4v) is 1.76. The van der Waals surface area contributed by atoms with Crippen molar-refractivity contribution < 1.29 is 14.3 Å². The molecule has 2 aromatic carbocycles. The fraction of sp³-hybridized carbons (Fsp3) is 0.235. The van der Waals surface area contributed by atoms with Gasteiger partial charge >= 0.3 is 0 Å². The first kappa shape index (κ1) is 14.3. The van der Waals surface area contributed by atoms with Crippen molar-refractivity contribution in [3.8, 4) is 5.75 Å². The summed E-state index contributed by atoms with van der Waals surface area (Å²) in [5, 5.41) is 0. The number of aldehydes is 1. The van der Waals surface area contributed by atoms with Crippen LogP contribution in [0, 0.1) is 0 Å². The summed E-state index contributed by atoms with van der Waals surface area (Å²) in [6.45, 7) is 1.91. The first-order valence-electron chi connectivity index (χ1n) is 6.68. The minimum Gasteiger partial charge on any atom is -0.494 e. The Labute approximate surface area is 119 Å². The third kappa shape index (κ3) is 4.86. The Morgan fingerprint density at radius 2 is 1.65 bits per heavy atom. The summed E-state index contributed by atoms with van der Waals surface area (Å²) in [5.74, 6) is 0.777. The minimum absolute atomic E-state index is 0.606. The summed E-state index contributed by atoms with van der Waals surface area (Å²) in [6, 6.07) is 17.2. The zero-order chi connectivity index (χ0) is 14.0. The molecule has 3 nitrogen and oxygen atoms in total. The number of benzene rings is 2. The number of carbonyl (C=O) groups is 1. The van der Waals surface area contributed by atoms with E-state index >= 15 is 0 Å². The van der Waals surface area contributed by atoms with Gasteiger partial charge in [0.2, 0.25) is 0 Å². The SMILES string of the molecule is O=Cc1ccc(OCCCOCc2ccccc2)cc1. The number of carbonyl (C=O) groups excluding carboxylic acids is 1. The van der Waals surface area contributed by atoms with Crippen LogP contribution in [0.5, 0.6) is 5.75 Å². The van der Waals surface area contributed by atoms with Crippen molar-refractivity contribution in [3.05, 3.63) is 65.7 Å². The molecule has 0 aliphatic heterocycles. The molecule has 0 fully saturated rings. The highest BCUT2D eigenvalue weighted by Gasteiger charge is 1.96. The van der Waals surface area contributed by atoms with E-state index in [-0.39, 0.29) is 0 Å². The van der Waals surface area contributed by atoms with Crippen LogP contribution in [0.1, 0.15) is 22.3 Å². The zero-order valence-electron chi connectivity index (χ0n) is 11.3. The summed E-state index contributed by atoms with van der Waals surface area (Å²) in [5.41, 5.74) is 1.83.